The molecule has 1 aromatic carbocycles. The van der Waals surface area contributed by atoms with Crippen LogP contribution in [0.15, 0.2) is 47.1 Å². The molecule has 2 aromatic rings. The first-order valence-corrected chi connectivity index (χ1v) is 7.34. The zero-order chi connectivity index (χ0) is 14.6. The van der Waals surface area contributed by atoms with E-state index in [4.69, 9.17) is 4.42 Å². The molecule has 20 heavy (non-hydrogen) atoms. The fourth-order valence-corrected chi connectivity index (χ4v) is 2.71. The van der Waals surface area contributed by atoms with Gasteiger partial charge in [-0.2, -0.15) is 0 Å². The molecular formula is C12H12N2O5S. The first-order valence-electron chi connectivity index (χ1n) is 5.69. The van der Waals surface area contributed by atoms with Crippen LogP contribution in [0.2, 0.25) is 0 Å². The Morgan fingerprint density at radius 1 is 1.25 bits per heavy atom. The summed E-state index contributed by atoms with van der Waals surface area (Å²) in [6, 6.07) is 8.84. The molecular weight excluding hydrogens is 284 g/mol. The van der Waals surface area contributed by atoms with E-state index in [-0.39, 0.29) is 18.0 Å². The number of rotatable bonds is 6. The number of nitrogens with zero attached hydrogens (tertiary/aromatic N) is 1. The molecule has 1 aromatic heterocycles. The number of nitro groups is 1. The summed E-state index contributed by atoms with van der Waals surface area (Å²) in [6.07, 6.45) is 1.45. The van der Waals surface area contributed by atoms with Crippen molar-refractivity contribution in [2.75, 3.05) is 0 Å². The second-order valence-corrected chi connectivity index (χ2v) is 5.89. The minimum atomic E-state index is -3.59. The van der Waals surface area contributed by atoms with E-state index in [0.29, 0.717) is 11.3 Å². The molecule has 0 radical (unpaired) electrons. The van der Waals surface area contributed by atoms with Crippen molar-refractivity contribution in [1.82, 2.24) is 4.72 Å². The highest BCUT2D eigenvalue weighted by atomic mass is 32.2. The van der Waals surface area contributed by atoms with E-state index in [1.807, 2.05) is 0 Å². The second-order valence-electron chi connectivity index (χ2n) is 4.09. The van der Waals surface area contributed by atoms with Crippen molar-refractivity contribution in [3.63, 3.8) is 0 Å². The first-order chi connectivity index (χ1) is 9.46. The van der Waals surface area contributed by atoms with Gasteiger partial charge >= 0.3 is 0 Å². The Morgan fingerprint density at radius 2 is 2.05 bits per heavy atom. The molecule has 106 valence electrons. The van der Waals surface area contributed by atoms with Crippen LogP contribution in [-0.4, -0.2) is 13.3 Å². The fourth-order valence-electron chi connectivity index (χ4n) is 1.62. The van der Waals surface area contributed by atoms with Gasteiger partial charge in [0.2, 0.25) is 10.0 Å². The zero-order valence-corrected chi connectivity index (χ0v) is 11.2. The number of nitro benzene ring substituents is 1. The molecule has 8 heteroatoms. The lowest BCUT2D eigenvalue weighted by atomic mass is 10.2. The van der Waals surface area contributed by atoms with Crippen LogP contribution in [0.25, 0.3) is 0 Å². The number of furan rings is 1. The highest BCUT2D eigenvalue weighted by Crippen LogP contribution is 2.15. The van der Waals surface area contributed by atoms with E-state index in [2.05, 4.69) is 4.72 Å². The predicted octanol–water partition coefficient (Wildman–Crippen LogP) is 1.81. The maximum Gasteiger partial charge on any atom is 0.269 e. The molecule has 2 rings (SSSR count). The highest BCUT2D eigenvalue weighted by Gasteiger charge is 2.14. The fraction of sp³-hybridized carbons (Fsp3) is 0.167. The molecule has 0 aliphatic heterocycles. The SMILES string of the molecule is O=[N+]([O-])c1cccc(CS(=O)(=O)NCc2ccco2)c1. The van der Waals surface area contributed by atoms with Gasteiger partial charge < -0.3 is 4.42 Å². The van der Waals surface area contributed by atoms with E-state index in [1.54, 1.807) is 12.1 Å². The number of sulfonamides is 1. The quantitative estimate of drug-likeness (QED) is 0.647. The average Bonchev–Trinajstić information content (AvgIpc) is 2.89. The summed E-state index contributed by atoms with van der Waals surface area (Å²) in [5.74, 6) is 0.169. The van der Waals surface area contributed by atoms with Crippen molar-refractivity contribution in [2.24, 2.45) is 0 Å². The van der Waals surface area contributed by atoms with Crippen molar-refractivity contribution in [3.05, 3.63) is 64.1 Å². The largest absolute Gasteiger partial charge is 0.468 e. The van der Waals surface area contributed by atoms with Gasteiger partial charge in [0.1, 0.15) is 5.76 Å². The van der Waals surface area contributed by atoms with Crippen LogP contribution in [0.1, 0.15) is 11.3 Å². The van der Waals surface area contributed by atoms with E-state index in [0.717, 1.165) is 0 Å². The Morgan fingerprint density at radius 3 is 2.70 bits per heavy atom. The molecule has 0 aliphatic carbocycles. The second kappa shape index (κ2) is 5.85. The summed E-state index contributed by atoms with van der Waals surface area (Å²) in [7, 11) is -3.59. The van der Waals surface area contributed by atoms with Gasteiger partial charge in [-0.3, -0.25) is 10.1 Å². The topological polar surface area (TPSA) is 102 Å². The summed E-state index contributed by atoms with van der Waals surface area (Å²) in [5.41, 5.74) is 0.217. The maximum absolute atomic E-state index is 11.9. The summed E-state index contributed by atoms with van der Waals surface area (Å²) < 4.78 is 31.1. The van der Waals surface area contributed by atoms with Crippen LogP contribution in [0, 0.1) is 10.1 Å². The van der Waals surface area contributed by atoms with E-state index in [9.17, 15) is 18.5 Å². The monoisotopic (exact) mass is 296 g/mol. The molecule has 0 saturated heterocycles. The molecule has 0 aliphatic rings. The normalized spacial score (nSPS) is 11.4. The van der Waals surface area contributed by atoms with Gasteiger partial charge in [0.25, 0.3) is 5.69 Å². The molecule has 1 heterocycles. The van der Waals surface area contributed by atoms with Crippen molar-refractivity contribution in [2.45, 2.75) is 12.3 Å². The third kappa shape index (κ3) is 3.90. The lowest BCUT2D eigenvalue weighted by Gasteiger charge is -2.05. The molecule has 0 spiro atoms. The van der Waals surface area contributed by atoms with Crippen molar-refractivity contribution >= 4 is 15.7 Å². The third-order valence-corrected chi connectivity index (χ3v) is 3.82. The van der Waals surface area contributed by atoms with Gasteiger partial charge in [0.15, 0.2) is 0 Å². The summed E-state index contributed by atoms with van der Waals surface area (Å²) >= 11 is 0. The zero-order valence-electron chi connectivity index (χ0n) is 10.4. The Labute approximate surface area is 115 Å². The molecule has 0 bridgehead atoms. The molecule has 0 amide bonds. The van der Waals surface area contributed by atoms with Crippen LogP contribution in [0.4, 0.5) is 5.69 Å². The minimum Gasteiger partial charge on any atom is -0.468 e. The average molecular weight is 296 g/mol. The van der Waals surface area contributed by atoms with Gasteiger partial charge in [0, 0.05) is 12.1 Å². The molecule has 7 nitrogen and oxygen atoms in total. The number of benzene rings is 1. The van der Waals surface area contributed by atoms with Crippen LogP contribution in [0.5, 0.6) is 0 Å². The number of nitrogens with one attached hydrogen (secondary N) is 1. The van der Waals surface area contributed by atoms with Gasteiger partial charge in [-0.15, -0.1) is 0 Å². The van der Waals surface area contributed by atoms with E-state index in [1.165, 1.54) is 30.5 Å². The maximum atomic E-state index is 11.9. The lowest BCUT2D eigenvalue weighted by Crippen LogP contribution is -2.24. The lowest BCUT2D eigenvalue weighted by molar-refractivity contribution is -0.384. The van der Waals surface area contributed by atoms with E-state index < -0.39 is 14.9 Å². The molecule has 0 fully saturated rings. The molecule has 0 atom stereocenters. The van der Waals surface area contributed by atoms with Crippen molar-refractivity contribution < 1.29 is 17.8 Å². The molecule has 0 unspecified atom stereocenters. The summed E-state index contributed by atoms with van der Waals surface area (Å²) in [6.45, 7) is 0.0459. The standard InChI is InChI=1S/C12H12N2O5S/c15-14(16)11-4-1-3-10(7-11)9-20(17,18)13-8-12-5-2-6-19-12/h1-7,13H,8-9H2. The van der Waals surface area contributed by atoms with Gasteiger partial charge in [-0.25, -0.2) is 13.1 Å². The smallest absolute Gasteiger partial charge is 0.269 e. The third-order valence-electron chi connectivity index (χ3n) is 2.52. The minimum absolute atomic E-state index is 0.0459. The molecule has 0 saturated carbocycles. The summed E-state index contributed by atoms with van der Waals surface area (Å²) in [4.78, 5) is 10.1. The number of hydrogen-bond acceptors (Lipinski definition) is 5. The number of hydrogen-bond donors (Lipinski definition) is 1. The van der Waals surface area contributed by atoms with Gasteiger partial charge in [-0.05, 0) is 17.7 Å². The molecule has 1 N–H and O–H groups in total. The highest BCUT2D eigenvalue weighted by molar-refractivity contribution is 7.88. The summed E-state index contributed by atoms with van der Waals surface area (Å²) in [5, 5.41) is 10.6. The Kier molecular flexibility index (Phi) is 4.16. The van der Waals surface area contributed by atoms with E-state index >= 15 is 0 Å². The number of non-ortho nitro benzene ring substituents is 1. The Bertz CT molecular complexity index is 694. The Hall–Kier alpha value is -2.19. The van der Waals surface area contributed by atoms with Crippen LogP contribution in [-0.2, 0) is 22.3 Å². The van der Waals surface area contributed by atoms with Crippen molar-refractivity contribution in [1.29, 1.82) is 0 Å². The first kappa shape index (κ1) is 14.2. The van der Waals surface area contributed by atoms with Crippen LogP contribution < -0.4 is 4.72 Å². The van der Waals surface area contributed by atoms with Gasteiger partial charge in [0.05, 0.1) is 23.5 Å². The van der Waals surface area contributed by atoms with Crippen LogP contribution >= 0.6 is 0 Å². The van der Waals surface area contributed by atoms with Crippen molar-refractivity contribution in [3.8, 4) is 0 Å². The Balaban J connectivity index is 2.04. The predicted molar refractivity (Wildman–Crippen MR) is 71.3 cm³/mol. The van der Waals surface area contributed by atoms with Crippen LogP contribution in [0.3, 0.4) is 0 Å². The van der Waals surface area contributed by atoms with Gasteiger partial charge in [-0.1, -0.05) is 12.1 Å².